The zero-order chi connectivity index (χ0) is 10.1. The Bertz CT molecular complexity index is 164. The van der Waals surface area contributed by atoms with E-state index < -0.39 is 29.1 Å². The molecule has 0 aliphatic heterocycles. The maximum absolute atomic E-state index is 9.44. The lowest BCUT2D eigenvalue weighted by Crippen LogP contribution is -1.98. The summed E-state index contributed by atoms with van der Waals surface area (Å²) in [6, 6.07) is 0. The molecule has 4 N–H and O–H groups in total. The van der Waals surface area contributed by atoms with Gasteiger partial charge in [0.05, 0.1) is 0 Å². The SMILES string of the molecule is O=C(O)CO.O=[PH](O)O[PH](=O)O. The van der Waals surface area contributed by atoms with Crippen LogP contribution in [0.5, 0.6) is 0 Å². The first kappa shape index (κ1) is 14.3. The number of rotatable bonds is 3. The van der Waals surface area contributed by atoms with Gasteiger partial charge in [0.1, 0.15) is 6.61 Å². The van der Waals surface area contributed by atoms with Crippen molar-refractivity contribution in [3.63, 3.8) is 0 Å². The molecule has 0 aromatic heterocycles. The Morgan fingerprint density at radius 1 is 1.25 bits per heavy atom. The van der Waals surface area contributed by atoms with Crippen molar-refractivity contribution < 1.29 is 38.2 Å². The average molecular weight is 222 g/mol. The van der Waals surface area contributed by atoms with Crippen LogP contribution in [0.2, 0.25) is 0 Å². The molecule has 0 aromatic carbocycles. The predicted octanol–water partition coefficient (Wildman–Crippen LogP) is -1.17. The summed E-state index contributed by atoms with van der Waals surface area (Å²) in [4.78, 5) is 24.5. The van der Waals surface area contributed by atoms with E-state index in [1.807, 2.05) is 0 Å². The molecule has 0 heterocycles. The maximum atomic E-state index is 9.44. The van der Waals surface area contributed by atoms with Crippen molar-refractivity contribution >= 4 is 22.5 Å². The zero-order valence-electron chi connectivity index (χ0n) is 5.63. The third-order valence-electron chi connectivity index (χ3n) is 0.310. The van der Waals surface area contributed by atoms with Gasteiger partial charge in [-0.15, -0.1) is 0 Å². The summed E-state index contributed by atoms with van der Waals surface area (Å²) in [7, 11) is -6.40. The molecular weight excluding hydrogens is 214 g/mol. The van der Waals surface area contributed by atoms with Gasteiger partial charge in [0.15, 0.2) is 0 Å². The highest BCUT2D eigenvalue weighted by atomic mass is 31.2. The molecule has 10 heteroatoms. The number of aliphatic hydroxyl groups excluding tert-OH is 1. The maximum Gasteiger partial charge on any atom is 0.329 e. The summed E-state index contributed by atoms with van der Waals surface area (Å²) >= 11 is 0. The van der Waals surface area contributed by atoms with Crippen LogP contribution in [0.3, 0.4) is 0 Å². The summed E-state index contributed by atoms with van der Waals surface area (Å²) in [6.07, 6.45) is 0. The molecule has 2 atom stereocenters. The monoisotopic (exact) mass is 222 g/mol. The highest BCUT2D eigenvalue weighted by Gasteiger charge is 1.93. The van der Waals surface area contributed by atoms with E-state index in [0.717, 1.165) is 0 Å². The minimum atomic E-state index is -3.20. The molecule has 0 bridgehead atoms. The second-order valence-electron chi connectivity index (χ2n) is 1.19. The first-order valence-corrected chi connectivity index (χ1v) is 4.89. The van der Waals surface area contributed by atoms with Gasteiger partial charge in [0.2, 0.25) is 0 Å². The fourth-order valence-electron chi connectivity index (χ4n) is 0.0747. The second kappa shape index (κ2) is 8.86. The minimum Gasteiger partial charge on any atom is -0.480 e. The van der Waals surface area contributed by atoms with Gasteiger partial charge in [-0.3, -0.25) is 9.13 Å². The van der Waals surface area contributed by atoms with E-state index in [1.54, 1.807) is 0 Å². The molecule has 0 aliphatic rings. The molecular formula is C2H8O8P2. The highest BCUT2D eigenvalue weighted by Crippen LogP contribution is 2.30. The Labute approximate surface area is 68.3 Å². The zero-order valence-corrected chi connectivity index (χ0v) is 7.63. The van der Waals surface area contributed by atoms with Gasteiger partial charge in [-0.25, -0.2) is 9.11 Å². The summed E-state index contributed by atoms with van der Waals surface area (Å²) in [5, 5.41) is 15.0. The first-order chi connectivity index (χ1) is 5.40. The van der Waals surface area contributed by atoms with Crippen LogP contribution in [0.1, 0.15) is 0 Å². The van der Waals surface area contributed by atoms with Crippen molar-refractivity contribution in [2.45, 2.75) is 0 Å². The van der Waals surface area contributed by atoms with Crippen LogP contribution in [0.25, 0.3) is 0 Å². The Balaban J connectivity index is 0. The number of aliphatic carboxylic acids is 1. The van der Waals surface area contributed by atoms with Crippen LogP contribution in [0.15, 0.2) is 0 Å². The van der Waals surface area contributed by atoms with Gasteiger partial charge < -0.3 is 20.0 Å². The molecule has 0 aromatic rings. The van der Waals surface area contributed by atoms with Crippen molar-refractivity contribution in [2.24, 2.45) is 0 Å². The van der Waals surface area contributed by atoms with Gasteiger partial charge in [0.25, 0.3) is 0 Å². The number of aliphatic hydroxyl groups is 1. The Hall–Kier alpha value is -0.230. The molecule has 0 fully saturated rings. The molecule has 0 spiro atoms. The van der Waals surface area contributed by atoms with Gasteiger partial charge >= 0.3 is 22.5 Å². The van der Waals surface area contributed by atoms with E-state index in [9.17, 15) is 9.13 Å². The highest BCUT2D eigenvalue weighted by molar-refractivity contribution is 7.46. The summed E-state index contributed by atoms with van der Waals surface area (Å²) in [5.74, 6) is -1.19. The molecule has 8 nitrogen and oxygen atoms in total. The van der Waals surface area contributed by atoms with Crippen LogP contribution in [0, 0.1) is 0 Å². The fraction of sp³-hybridized carbons (Fsp3) is 0.500. The fourth-order valence-corrected chi connectivity index (χ4v) is 0.672. The number of hydrogen-bond donors (Lipinski definition) is 4. The molecule has 0 radical (unpaired) electrons. The summed E-state index contributed by atoms with van der Waals surface area (Å²) < 4.78 is 22.3. The number of carbonyl (C=O) groups is 1. The number of carboxylic acid groups (broad SMARTS) is 1. The molecule has 2 unspecified atom stereocenters. The van der Waals surface area contributed by atoms with Crippen LogP contribution >= 0.6 is 16.5 Å². The number of hydrogen-bond acceptors (Lipinski definition) is 5. The lowest BCUT2D eigenvalue weighted by Gasteiger charge is -1.86. The third kappa shape index (κ3) is 22.6. The van der Waals surface area contributed by atoms with E-state index in [-0.39, 0.29) is 0 Å². The quantitative estimate of drug-likeness (QED) is 0.437. The second-order valence-corrected chi connectivity index (χ2v) is 3.07. The van der Waals surface area contributed by atoms with Crippen molar-refractivity contribution in [3.8, 4) is 0 Å². The van der Waals surface area contributed by atoms with Gasteiger partial charge in [-0.2, -0.15) is 0 Å². The van der Waals surface area contributed by atoms with E-state index in [0.29, 0.717) is 0 Å². The Morgan fingerprint density at radius 3 is 1.50 bits per heavy atom. The van der Waals surface area contributed by atoms with Crippen LogP contribution in [0.4, 0.5) is 0 Å². The van der Waals surface area contributed by atoms with Crippen LogP contribution in [-0.4, -0.2) is 32.6 Å². The van der Waals surface area contributed by atoms with E-state index in [2.05, 4.69) is 4.31 Å². The molecule has 12 heavy (non-hydrogen) atoms. The Morgan fingerprint density at radius 2 is 1.50 bits per heavy atom. The number of carboxylic acids is 1. The minimum absolute atomic E-state index is 0.778. The largest absolute Gasteiger partial charge is 0.480 e. The Kier molecular flexibility index (Phi) is 10.6. The lowest BCUT2D eigenvalue weighted by molar-refractivity contribution is -0.140. The van der Waals surface area contributed by atoms with E-state index >= 15 is 0 Å². The standard InChI is InChI=1S/C2H4O3.H4O5P2/c3-1-2(4)5;1-6(2)5-7(3)4/h3H,1H2,(H,4,5);6-7H,(H,1,2)(H,3,4). The van der Waals surface area contributed by atoms with E-state index in [1.165, 1.54) is 0 Å². The third-order valence-corrected chi connectivity index (χ3v) is 1.71. The smallest absolute Gasteiger partial charge is 0.329 e. The van der Waals surface area contributed by atoms with Crippen molar-refractivity contribution in [2.75, 3.05) is 6.61 Å². The van der Waals surface area contributed by atoms with Crippen LogP contribution < -0.4 is 0 Å². The van der Waals surface area contributed by atoms with Crippen molar-refractivity contribution in [3.05, 3.63) is 0 Å². The predicted molar refractivity (Wildman–Crippen MR) is 38.2 cm³/mol. The molecule has 0 saturated carbocycles. The molecule has 0 aliphatic carbocycles. The topological polar surface area (TPSA) is 141 Å². The van der Waals surface area contributed by atoms with Crippen LogP contribution in [-0.2, 0) is 18.2 Å². The summed E-state index contributed by atoms with van der Waals surface area (Å²) in [5.41, 5.74) is 0. The summed E-state index contributed by atoms with van der Waals surface area (Å²) in [6.45, 7) is -0.778. The lowest BCUT2D eigenvalue weighted by atomic mass is 10.8. The average Bonchev–Trinajstić information content (AvgIpc) is 1.85. The van der Waals surface area contributed by atoms with Gasteiger partial charge in [0, 0.05) is 0 Å². The normalized spacial score (nSPS) is 13.9. The van der Waals surface area contributed by atoms with Crippen molar-refractivity contribution in [1.29, 1.82) is 0 Å². The van der Waals surface area contributed by atoms with Crippen molar-refractivity contribution in [1.82, 2.24) is 0 Å². The van der Waals surface area contributed by atoms with Gasteiger partial charge in [-0.1, -0.05) is 0 Å². The molecule has 74 valence electrons. The van der Waals surface area contributed by atoms with Gasteiger partial charge in [-0.05, 0) is 0 Å². The molecule has 0 amide bonds. The first-order valence-electron chi connectivity index (χ1n) is 2.36. The van der Waals surface area contributed by atoms with E-state index in [4.69, 9.17) is 24.8 Å². The molecule has 0 rings (SSSR count). The molecule has 0 saturated heterocycles.